The smallest absolute Gasteiger partial charge is 0.410 e. The molecule has 0 spiro atoms. The minimum Gasteiger partial charge on any atom is -0.444 e. The topological polar surface area (TPSA) is 50.8 Å². The molecule has 0 saturated carbocycles. The van der Waals surface area contributed by atoms with Crippen LogP contribution in [0.5, 0.6) is 0 Å². The summed E-state index contributed by atoms with van der Waals surface area (Å²) < 4.78 is 11.1. The van der Waals surface area contributed by atoms with E-state index in [4.69, 9.17) is 9.47 Å². The lowest BCUT2D eigenvalue weighted by Gasteiger charge is -2.38. The van der Waals surface area contributed by atoms with Crippen molar-refractivity contribution < 1.29 is 14.3 Å². The monoisotopic (exact) mass is 332 g/mol. The highest BCUT2D eigenvalue weighted by Crippen LogP contribution is 2.18. The third kappa shape index (κ3) is 7.20. The molecule has 5 nitrogen and oxygen atoms in total. The fourth-order valence-corrected chi connectivity index (χ4v) is 3.27. The van der Waals surface area contributed by atoms with E-state index in [1.807, 2.05) is 37.4 Å². The first kappa shape index (κ1) is 19.6. The molecule has 1 N–H and O–H groups in total. The largest absolute Gasteiger partial charge is 0.444 e. The van der Waals surface area contributed by atoms with Crippen LogP contribution < -0.4 is 5.32 Å². The number of carbonyl (C=O) groups is 1. The van der Waals surface area contributed by atoms with Crippen molar-refractivity contribution >= 4 is 17.9 Å². The number of ether oxygens (including phenoxy) is 2. The Morgan fingerprint density at radius 1 is 1.41 bits per heavy atom. The van der Waals surface area contributed by atoms with Crippen molar-refractivity contribution in [3.63, 3.8) is 0 Å². The number of rotatable bonds is 6. The van der Waals surface area contributed by atoms with Gasteiger partial charge in [0.1, 0.15) is 5.60 Å². The highest BCUT2D eigenvalue weighted by atomic mass is 32.2. The maximum absolute atomic E-state index is 12.4. The van der Waals surface area contributed by atoms with E-state index in [0.29, 0.717) is 31.8 Å². The van der Waals surface area contributed by atoms with Crippen LogP contribution in [-0.2, 0) is 9.47 Å². The Bertz CT molecular complexity index is 347. The molecule has 0 aromatic rings. The molecule has 22 heavy (non-hydrogen) atoms. The van der Waals surface area contributed by atoms with E-state index in [2.05, 4.69) is 25.4 Å². The first-order valence-electron chi connectivity index (χ1n) is 8.05. The number of amides is 1. The first-order valence-corrected chi connectivity index (χ1v) is 9.44. The molecule has 0 bridgehead atoms. The summed E-state index contributed by atoms with van der Waals surface area (Å²) in [5, 5.41) is 3.58. The summed E-state index contributed by atoms with van der Waals surface area (Å²) in [6.07, 6.45) is 2.75. The van der Waals surface area contributed by atoms with Crippen molar-refractivity contribution in [2.24, 2.45) is 0 Å². The van der Waals surface area contributed by atoms with E-state index in [0.717, 1.165) is 12.2 Å². The number of hydrogen-bond acceptors (Lipinski definition) is 5. The maximum Gasteiger partial charge on any atom is 0.410 e. The van der Waals surface area contributed by atoms with Crippen LogP contribution in [0.2, 0.25) is 0 Å². The Balaban J connectivity index is 2.56. The second kappa shape index (κ2) is 8.99. The number of carbonyl (C=O) groups excluding carboxylic acids is 1. The Morgan fingerprint density at radius 3 is 2.68 bits per heavy atom. The predicted octanol–water partition coefficient (Wildman–Crippen LogP) is 2.74. The third-order valence-corrected chi connectivity index (χ3v) is 4.30. The van der Waals surface area contributed by atoms with Gasteiger partial charge in [-0.05, 0) is 47.3 Å². The van der Waals surface area contributed by atoms with E-state index in [9.17, 15) is 4.79 Å². The van der Waals surface area contributed by atoms with Gasteiger partial charge in [-0.2, -0.15) is 11.8 Å². The predicted molar refractivity (Wildman–Crippen MR) is 92.6 cm³/mol. The molecular weight excluding hydrogens is 300 g/mol. The van der Waals surface area contributed by atoms with Gasteiger partial charge in [0, 0.05) is 24.4 Å². The number of morpholine rings is 1. The van der Waals surface area contributed by atoms with Crippen LogP contribution in [0, 0.1) is 0 Å². The molecule has 1 aliphatic heterocycles. The van der Waals surface area contributed by atoms with Gasteiger partial charge < -0.3 is 19.7 Å². The number of nitrogens with one attached hydrogen (secondary N) is 1. The van der Waals surface area contributed by atoms with Crippen molar-refractivity contribution in [3.05, 3.63) is 0 Å². The molecule has 6 heteroatoms. The SMILES string of the molecule is CSCC(C)NC(C)CC1COCCN1C(=O)OC(C)(C)C. The number of nitrogens with zero attached hydrogens (tertiary/aromatic N) is 1. The molecule has 0 aromatic heterocycles. The molecule has 130 valence electrons. The molecular formula is C16H32N2O3S. The van der Waals surface area contributed by atoms with Crippen LogP contribution >= 0.6 is 11.8 Å². The Morgan fingerprint density at radius 2 is 2.09 bits per heavy atom. The molecule has 1 saturated heterocycles. The molecule has 0 aromatic carbocycles. The normalized spacial score (nSPS) is 22.3. The lowest BCUT2D eigenvalue weighted by molar-refractivity contribution is -0.0356. The van der Waals surface area contributed by atoms with Crippen LogP contribution in [0.25, 0.3) is 0 Å². The average molecular weight is 333 g/mol. The van der Waals surface area contributed by atoms with E-state index in [-0.39, 0.29) is 12.1 Å². The molecule has 1 fully saturated rings. The van der Waals surface area contributed by atoms with Crippen LogP contribution in [0.1, 0.15) is 41.0 Å². The zero-order valence-corrected chi connectivity index (χ0v) is 15.7. The molecule has 1 rings (SSSR count). The lowest BCUT2D eigenvalue weighted by Crippen LogP contribution is -2.52. The molecule has 1 heterocycles. The van der Waals surface area contributed by atoms with E-state index >= 15 is 0 Å². The fourth-order valence-electron chi connectivity index (χ4n) is 2.67. The number of hydrogen-bond donors (Lipinski definition) is 1. The number of thioether (sulfide) groups is 1. The Labute approximate surface area is 139 Å². The summed E-state index contributed by atoms with van der Waals surface area (Å²) >= 11 is 1.84. The van der Waals surface area contributed by atoms with Gasteiger partial charge in [-0.3, -0.25) is 0 Å². The molecule has 1 aliphatic rings. The minimum atomic E-state index is -0.462. The van der Waals surface area contributed by atoms with Gasteiger partial charge in [0.05, 0.1) is 19.3 Å². The quantitative estimate of drug-likeness (QED) is 0.810. The van der Waals surface area contributed by atoms with E-state index in [1.54, 1.807) is 0 Å². The van der Waals surface area contributed by atoms with Crippen molar-refractivity contribution in [1.29, 1.82) is 0 Å². The van der Waals surface area contributed by atoms with Gasteiger partial charge in [0.25, 0.3) is 0 Å². The third-order valence-electron chi connectivity index (χ3n) is 3.47. The van der Waals surface area contributed by atoms with Crippen molar-refractivity contribution in [3.8, 4) is 0 Å². The summed E-state index contributed by atoms with van der Waals surface area (Å²) in [6.45, 7) is 11.8. The van der Waals surface area contributed by atoms with Gasteiger partial charge in [-0.25, -0.2) is 4.79 Å². The fraction of sp³-hybridized carbons (Fsp3) is 0.938. The second-order valence-electron chi connectivity index (χ2n) is 7.06. The van der Waals surface area contributed by atoms with Crippen molar-refractivity contribution in [2.75, 3.05) is 31.8 Å². The Kier molecular flexibility index (Phi) is 8.00. The standard InChI is InChI=1S/C16H32N2O3S/c1-12(17-13(2)11-22-6)9-14-10-20-8-7-18(14)15(19)21-16(3,4)5/h12-14,17H,7-11H2,1-6H3. The molecule has 3 unspecified atom stereocenters. The lowest BCUT2D eigenvalue weighted by atomic mass is 10.1. The molecule has 0 radical (unpaired) electrons. The van der Waals surface area contributed by atoms with Gasteiger partial charge in [0.15, 0.2) is 0 Å². The summed E-state index contributed by atoms with van der Waals surface area (Å²) in [4.78, 5) is 14.2. The minimum absolute atomic E-state index is 0.0765. The maximum atomic E-state index is 12.4. The second-order valence-corrected chi connectivity index (χ2v) is 7.97. The zero-order chi connectivity index (χ0) is 16.8. The summed E-state index contributed by atoms with van der Waals surface area (Å²) in [5.74, 6) is 1.08. The average Bonchev–Trinajstić information content (AvgIpc) is 2.37. The van der Waals surface area contributed by atoms with Gasteiger partial charge in [-0.1, -0.05) is 0 Å². The van der Waals surface area contributed by atoms with Gasteiger partial charge in [-0.15, -0.1) is 0 Å². The van der Waals surface area contributed by atoms with Gasteiger partial charge >= 0.3 is 6.09 Å². The Hall–Kier alpha value is -0.460. The highest BCUT2D eigenvalue weighted by Gasteiger charge is 2.31. The van der Waals surface area contributed by atoms with Crippen LogP contribution in [0.15, 0.2) is 0 Å². The van der Waals surface area contributed by atoms with E-state index in [1.165, 1.54) is 0 Å². The molecule has 0 aliphatic carbocycles. The van der Waals surface area contributed by atoms with Crippen molar-refractivity contribution in [2.45, 2.75) is 64.8 Å². The van der Waals surface area contributed by atoms with Crippen molar-refractivity contribution in [1.82, 2.24) is 10.2 Å². The van der Waals surface area contributed by atoms with Crippen LogP contribution in [-0.4, -0.2) is 66.5 Å². The van der Waals surface area contributed by atoms with Gasteiger partial charge in [0.2, 0.25) is 0 Å². The summed E-state index contributed by atoms with van der Waals surface area (Å²) in [7, 11) is 0. The first-order chi connectivity index (χ1) is 10.2. The van der Waals surface area contributed by atoms with Crippen LogP contribution in [0.4, 0.5) is 4.79 Å². The molecule has 3 atom stereocenters. The van der Waals surface area contributed by atoms with Crippen LogP contribution in [0.3, 0.4) is 0 Å². The summed E-state index contributed by atoms with van der Waals surface area (Å²) in [6, 6.07) is 0.871. The summed E-state index contributed by atoms with van der Waals surface area (Å²) in [5.41, 5.74) is -0.462. The molecule has 1 amide bonds. The van der Waals surface area contributed by atoms with E-state index < -0.39 is 5.60 Å². The zero-order valence-electron chi connectivity index (χ0n) is 14.8. The highest BCUT2D eigenvalue weighted by molar-refractivity contribution is 7.98.